The number of esters is 2. The van der Waals surface area contributed by atoms with Crippen LogP contribution < -0.4 is 33.2 Å². The second-order valence-electron chi connectivity index (χ2n) is 17.2. The predicted molar refractivity (Wildman–Crippen MR) is 270 cm³/mol. The second kappa shape index (κ2) is 22.3. The molecule has 0 unspecified atom stereocenters. The minimum Gasteiger partial charge on any atom is -0.504 e. The molecule has 0 aromatic heterocycles. The second-order valence-corrected chi connectivity index (χ2v) is 17.2. The van der Waals surface area contributed by atoms with Crippen molar-refractivity contribution in [2.24, 2.45) is 0 Å². The molecule has 2 aliphatic rings. The summed E-state index contributed by atoms with van der Waals surface area (Å²) >= 11 is 0. The number of benzene rings is 8. The van der Waals surface area contributed by atoms with Crippen LogP contribution in [0.5, 0.6) is 57.5 Å². The van der Waals surface area contributed by atoms with Gasteiger partial charge in [0.05, 0.1) is 29.9 Å². The van der Waals surface area contributed by atoms with Gasteiger partial charge < -0.3 is 52.8 Å². The Bertz CT molecular complexity index is 3310. The highest BCUT2D eigenvalue weighted by Gasteiger charge is 2.37. The number of ether oxygens (including phenoxy) is 9. The summed E-state index contributed by atoms with van der Waals surface area (Å²) in [6, 6.07) is 48.4. The van der Waals surface area contributed by atoms with Gasteiger partial charge in [0.25, 0.3) is 0 Å². The summed E-state index contributed by atoms with van der Waals surface area (Å²) in [6.45, 7) is -0.440. The van der Waals surface area contributed by atoms with E-state index < -0.39 is 29.2 Å². The van der Waals surface area contributed by atoms with Crippen LogP contribution in [0.4, 0.5) is 0 Å². The van der Waals surface area contributed by atoms with E-state index in [2.05, 4.69) is 0 Å². The van der Waals surface area contributed by atoms with E-state index in [1.54, 1.807) is 12.1 Å². The first-order chi connectivity index (χ1) is 36.3. The van der Waals surface area contributed by atoms with Crippen LogP contribution in [-0.2, 0) is 49.1 Å². The fourth-order valence-corrected chi connectivity index (χ4v) is 8.48. The maximum atomic E-state index is 15.0. The molecule has 0 atom stereocenters. The Morgan fingerprint density at radius 1 is 0.473 bits per heavy atom. The summed E-state index contributed by atoms with van der Waals surface area (Å²) < 4.78 is 58.1. The monoisotopic (exact) mass is 992 g/mol. The van der Waals surface area contributed by atoms with Crippen molar-refractivity contribution in [2.75, 3.05) is 13.2 Å². The number of hydrogen-bond acceptors (Lipinski definition) is 14. The van der Waals surface area contributed by atoms with E-state index >= 15 is 4.79 Å². The third kappa shape index (κ3) is 10.6. The fraction of sp³-hybridized carbons (Fsp3) is 0.150. The normalized spacial score (nSPS) is 12.9. The molecule has 372 valence electrons. The highest BCUT2D eigenvalue weighted by atomic mass is 16.6. The molecule has 0 radical (unpaired) electrons. The lowest BCUT2D eigenvalue weighted by Crippen LogP contribution is -2.15. The van der Waals surface area contributed by atoms with Crippen LogP contribution in [0.1, 0.15) is 70.9 Å². The molecule has 8 aromatic carbocycles. The first-order valence-electron chi connectivity index (χ1n) is 23.8. The summed E-state index contributed by atoms with van der Waals surface area (Å²) in [5.41, 5.74) is 4.01. The molecule has 14 heteroatoms. The molecule has 0 amide bonds. The first-order valence-corrected chi connectivity index (χ1v) is 23.8. The highest BCUT2D eigenvalue weighted by Crippen LogP contribution is 2.57. The molecule has 0 aliphatic carbocycles. The summed E-state index contributed by atoms with van der Waals surface area (Å²) in [7, 11) is 0. The fourth-order valence-electron chi connectivity index (χ4n) is 8.48. The summed E-state index contributed by atoms with van der Waals surface area (Å²) in [6.07, 6.45) is 0.522. The van der Waals surface area contributed by atoms with E-state index in [4.69, 9.17) is 42.6 Å². The summed E-state index contributed by atoms with van der Waals surface area (Å²) in [4.78, 5) is 42.7. The molecule has 14 nitrogen and oxygen atoms in total. The molecule has 8 aromatic rings. The van der Waals surface area contributed by atoms with Gasteiger partial charge >= 0.3 is 11.9 Å². The number of aromatic hydroxyl groups is 2. The number of hydrogen-bond donors (Lipinski definition) is 2. The van der Waals surface area contributed by atoms with Crippen LogP contribution in [-0.4, -0.2) is 41.7 Å². The number of aldehydes is 1. The smallest absolute Gasteiger partial charge is 0.339 e. The molecule has 0 fully saturated rings. The Morgan fingerprint density at radius 2 is 0.919 bits per heavy atom. The maximum Gasteiger partial charge on any atom is 0.339 e. The molecule has 74 heavy (non-hydrogen) atoms. The van der Waals surface area contributed by atoms with Crippen molar-refractivity contribution in [3.63, 3.8) is 0 Å². The van der Waals surface area contributed by atoms with Crippen LogP contribution in [0.25, 0.3) is 11.1 Å². The maximum absolute atomic E-state index is 15.0. The van der Waals surface area contributed by atoms with Gasteiger partial charge in [-0.25, -0.2) is 9.59 Å². The zero-order chi connectivity index (χ0) is 50.8. The Labute approximate surface area is 425 Å². The Morgan fingerprint density at radius 3 is 1.45 bits per heavy atom. The Hall–Kier alpha value is -9.43. The Kier molecular flexibility index (Phi) is 14.5. The van der Waals surface area contributed by atoms with Crippen LogP contribution in [0, 0.1) is 0 Å². The lowest BCUT2D eigenvalue weighted by atomic mass is 9.91. The molecule has 0 spiro atoms. The number of cyclic esters (lactones) is 2. The lowest BCUT2D eigenvalue weighted by molar-refractivity contribution is 0.0398. The van der Waals surface area contributed by atoms with Gasteiger partial charge in [-0.15, -0.1) is 0 Å². The minimum absolute atomic E-state index is 0.00199. The first kappa shape index (κ1) is 48.2. The number of rotatable bonds is 15. The van der Waals surface area contributed by atoms with Crippen molar-refractivity contribution in [3.05, 3.63) is 214 Å². The van der Waals surface area contributed by atoms with Gasteiger partial charge in [-0.3, -0.25) is 4.79 Å². The van der Waals surface area contributed by atoms with E-state index in [1.165, 1.54) is 12.1 Å². The average molecular weight is 993 g/mol. The van der Waals surface area contributed by atoms with Gasteiger partial charge in [0.15, 0.2) is 40.8 Å². The standard InChI is InChI=1S/C60H48O14/c61-31-44-28-47(62)54(69-32-38-16-5-1-6-17-38)52(63)53(44)74-49-30-46-51(58(72-35-41-22-11-4-12-23-41)56(49)70-33-39-18-7-2-8-19-39)50-45(59(64)66-26-15-27-67-60(46)65)29-48-55(57(50)71-34-40-20-9-3-10-21-40)73-37-43-25-14-13-24-42(43)36-68-48/h1-14,16-25,28-31,62-63H,15,26-27,32-37H2. The average Bonchev–Trinajstić information content (AvgIpc) is 3.45. The molecule has 10 rings (SSSR count). The van der Waals surface area contributed by atoms with E-state index in [-0.39, 0.29) is 127 Å². The van der Waals surface area contributed by atoms with Crippen LogP contribution >= 0.6 is 0 Å². The molecule has 2 N–H and O–H groups in total. The number of carbonyl (C=O) groups is 3. The number of carbonyl (C=O) groups excluding carboxylic acids is 3. The topological polar surface area (TPSA) is 175 Å². The SMILES string of the molecule is O=Cc1cc(O)c(OCc2ccccc2)c(O)c1Oc1cc2c(c(OCc3ccccc3)c1OCc1ccccc1)-c1c(cc3c(c1OCc1ccccc1)OCc1ccccc1CO3)C(=O)OCCCOC2=O. The predicted octanol–water partition coefficient (Wildman–Crippen LogP) is 11.9. The molecule has 0 saturated heterocycles. The zero-order valence-electron chi connectivity index (χ0n) is 39.8. The van der Waals surface area contributed by atoms with E-state index in [1.807, 2.05) is 133 Å². The third-order valence-corrected chi connectivity index (χ3v) is 12.2. The third-order valence-electron chi connectivity index (χ3n) is 12.2. The molecule has 2 heterocycles. The van der Waals surface area contributed by atoms with Crippen molar-refractivity contribution in [1.29, 1.82) is 0 Å². The molecule has 0 bridgehead atoms. The summed E-state index contributed by atoms with van der Waals surface area (Å²) in [5, 5.41) is 23.1. The molecule has 0 saturated carbocycles. The zero-order valence-corrected chi connectivity index (χ0v) is 39.8. The van der Waals surface area contributed by atoms with Gasteiger partial charge in [0.2, 0.25) is 23.0 Å². The van der Waals surface area contributed by atoms with Crippen LogP contribution in [0.15, 0.2) is 164 Å². The van der Waals surface area contributed by atoms with Gasteiger partial charge in [-0.05, 0) is 45.5 Å². The van der Waals surface area contributed by atoms with Crippen molar-refractivity contribution < 1.29 is 67.2 Å². The van der Waals surface area contributed by atoms with Crippen molar-refractivity contribution >= 4 is 18.2 Å². The van der Waals surface area contributed by atoms with Gasteiger partial charge in [-0.2, -0.15) is 0 Å². The molecule has 2 aliphatic heterocycles. The Balaban J connectivity index is 1.26. The highest BCUT2D eigenvalue weighted by molar-refractivity contribution is 6.09. The summed E-state index contributed by atoms with van der Waals surface area (Å²) in [5.74, 6) is -4.03. The van der Waals surface area contributed by atoms with Gasteiger partial charge in [-0.1, -0.05) is 146 Å². The lowest BCUT2D eigenvalue weighted by Gasteiger charge is -2.27. The molecular formula is C60H48O14. The van der Waals surface area contributed by atoms with Crippen LogP contribution in [0.2, 0.25) is 0 Å². The number of phenols is 2. The number of phenolic OH excluding ortho intramolecular Hbond substituents is 2. The van der Waals surface area contributed by atoms with Gasteiger partial charge in [0, 0.05) is 23.6 Å². The van der Waals surface area contributed by atoms with Crippen molar-refractivity contribution in [2.45, 2.75) is 46.1 Å². The van der Waals surface area contributed by atoms with E-state index in [0.29, 0.717) is 17.4 Å². The van der Waals surface area contributed by atoms with E-state index in [9.17, 15) is 19.8 Å². The largest absolute Gasteiger partial charge is 0.504 e. The van der Waals surface area contributed by atoms with Crippen molar-refractivity contribution in [3.8, 4) is 68.6 Å². The van der Waals surface area contributed by atoms with Gasteiger partial charge in [0.1, 0.15) is 39.6 Å². The van der Waals surface area contributed by atoms with Crippen molar-refractivity contribution in [1.82, 2.24) is 0 Å². The molecular weight excluding hydrogens is 945 g/mol. The van der Waals surface area contributed by atoms with Crippen LogP contribution in [0.3, 0.4) is 0 Å². The van der Waals surface area contributed by atoms with E-state index in [0.717, 1.165) is 28.3 Å². The quantitative estimate of drug-likeness (QED) is 0.0733. The minimum atomic E-state index is -0.881. The number of fused-ring (bicyclic) bond motifs is 5.